The van der Waals surface area contributed by atoms with E-state index in [1.807, 2.05) is 12.1 Å². The molecule has 4 heteroatoms. The van der Waals surface area contributed by atoms with Gasteiger partial charge < -0.3 is 5.32 Å². The Morgan fingerprint density at radius 2 is 2.12 bits per heavy atom. The minimum Gasteiger partial charge on any atom is -0.326 e. The van der Waals surface area contributed by atoms with Gasteiger partial charge in [-0.25, -0.2) is 0 Å². The summed E-state index contributed by atoms with van der Waals surface area (Å²) in [6.45, 7) is 1.77. The monoisotopic (exact) mass is 236 g/mol. The van der Waals surface area contributed by atoms with Crippen molar-refractivity contribution < 1.29 is 4.79 Å². The molecule has 0 heterocycles. The highest BCUT2D eigenvalue weighted by Crippen LogP contribution is 2.11. The summed E-state index contributed by atoms with van der Waals surface area (Å²) in [5, 5.41) is 11.3. The van der Waals surface area contributed by atoms with Crippen LogP contribution in [0.1, 0.15) is 12.5 Å². The maximum atomic E-state index is 11.5. The van der Waals surface area contributed by atoms with Crippen molar-refractivity contribution in [3.63, 3.8) is 0 Å². The number of nitriles is 1. The van der Waals surface area contributed by atoms with E-state index in [0.29, 0.717) is 12.3 Å². The van der Waals surface area contributed by atoms with Crippen molar-refractivity contribution in [2.45, 2.75) is 13.3 Å². The minimum absolute atomic E-state index is 0.0944. The predicted molar refractivity (Wildman–Crippen MR) is 64.3 cm³/mol. The maximum absolute atomic E-state index is 11.5. The molecule has 0 aliphatic heterocycles. The fourth-order valence-electron chi connectivity index (χ4n) is 1.13. The van der Waals surface area contributed by atoms with Crippen LogP contribution in [0.2, 0.25) is 0 Å². The second kappa shape index (κ2) is 6.14. The van der Waals surface area contributed by atoms with Crippen LogP contribution in [0.25, 0.3) is 0 Å². The van der Waals surface area contributed by atoms with Crippen molar-refractivity contribution in [2.24, 2.45) is 5.92 Å². The van der Waals surface area contributed by atoms with Gasteiger partial charge in [-0.1, -0.05) is 19.1 Å². The van der Waals surface area contributed by atoms with Gasteiger partial charge in [-0.05, 0) is 17.7 Å². The zero-order valence-corrected chi connectivity index (χ0v) is 9.79. The first-order valence-corrected chi connectivity index (χ1v) is 5.53. The van der Waals surface area contributed by atoms with E-state index in [1.165, 1.54) is 0 Å². The number of anilines is 1. The molecule has 1 unspecified atom stereocenters. The van der Waals surface area contributed by atoms with Crippen LogP contribution in [0.4, 0.5) is 5.69 Å². The average Bonchev–Trinajstić information content (AvgIpc) is 2.31. The van der Waals surface area contributed by atoms with E-state index in [0.717, 1.165) is 11.3 Å². The zero-order valence-electron chi connectivity index (χ0n) is 9.03. The summed E-state index contributed by atoms with van der Waals surface area (Å²) < 4.78 is 0. The van der Waals surface area contributed by atoms with Crippen LogP contribution in [0, 0.1) is 17.2 Å². The Kier molecular flexibility index (Phi) is 4.81. The predicted octanol–water partition coefficient (Wildman–Crippen LogP) is 2.57. The molecule has 1 aromatic carbocycles. The summed E-state index contributed by atoms with van der Waals surface area (Å²) in [6, 6.07) is 9.28. The molecule has 1 aromatic rings. The zero-order chi connectivity index (χ0) is 12.0. The second-order valence-electron chi connectivity index (χ2n) is 3.58. The molecule has 0 saturated heterocycles. The molecule has 1 rings (SSSR count). The lowest BCUT2D eigenvalue weighted by molar-refractivity contribution is -0.118. The van der Waals surface area contributed by atoms with Gasteiger partial charge in [0.1, 0.15) is 0 Å². The first-order chi connectivity index (χ1) is 7.67. The standard InChI is InChI=1S/C12H13ClN2O/c1-9(8-13)12(16)15-11-4-2-10(3-5-11)6-7-14/h2-5,9H,6,8H2,1H3,(H,15,16). The SMILES string of the molecule is CC(CCl)C(=O)Nc1ccc(CC#N)cc1. The second-order valence-corrected chi connectivity index (χ2v) is 3.89. The van der Waals surface area contributed by atoms with E-state index in [1.54, 1.807) is 19.1 Å². The highest BCUT2D eigenvalue weighted by molar-refractivity contribution is 6.19. The molecule has 0 spiro atoms. The molecule has 0 aliphatic rings. The molecular formula is C12H13ClN2O. The highest BCUT2D eigenvalue weighted by atomic mass is 35.5. The average molecular weight is 237 g/mol. The third-order valence-electron chi connectivity index (χ3n) is 2.18. The van der Waals surface area contributed by atoms with Crippen molar-refractivity contribution in [2.75, 3.05) is 11.2 Å². The van der Waals surface area contributed by atoms with Crippen LogP contribution in [-0.2, 0) is 11.2 Å². The van der Waals surface area contributed by atoms with Crippen LogP contribution in [0.5, 0.6) is 0 Å². The lowest BCUT2D eigenvalue weighted by atomic mass is 10.1. The number of carbonyl (C=O) groups is 1. The van der Waals surface area contributed by atoms with E-state index in [9.17, 15) is 4.79 Å². The fraction of sp³-hybridized carbons (Fsp3) is 0.333. The molecule has 84 valence electrons. The Morgan fingerprint density at radius 3 is 2.62 bits per heavy atom. The number of halogens is 1. The number of nitrogens with zero attached hydrogens (tertiary/aromatic N) is 1. The lowest BCUT2D eigenvalue weighted by Gasteiger charge is -2.09. The number of carbonyl (C=O) groups excluding carboxylic acids is 1. The molecule has 1 N–H and O–H groups in total. The summed E-state index contributed by atoms with van der Waals surface area (Å²) in [6.07, 6.45) is 0.381. The molecule has 0 bridgehead atoms. The molecule has 0 fully saturated rings. The topological polar surface area (TPSA) is 52.9 Å². The number of hydrogen-bond acceptors (Lipinski definition) is 2. The van der Waals surface area contributed by atoms with Gasteiger partial charge in [-0.2, -0.15) is 5.26 Å². The normalized spacial score (nSPS) is 11.6. The van der Waals surface area contributed by atoms with Crippen LogP contribution >= 0.6 is 11.6 Å². The lowest BCUT2D eigenvalue weighted by Crippen LogP contribution is -2.21. The van der Waals surface area contributed by atoms with Crippen LogP contribution in [0.3, 0.4) is 0 Å². The number of nitrogens with one attached hydrogen (secondary N) is 1. The Labute approximate surface area is 100 Å². The molecule has 0 aliphatic carbocycles. The summed E-state index contributed by atoms with van der Waals surface area (Å²) in [5.41, 5.74) is 1.66. The summed E-state index contributed by atoms with van der Waals surface area (Å²) >= 11 is 5.58. The largest absolute Gasteiger partial charge is 0.326 e. The van der Waals surface area contributed by atoms with Gasteiger partial charge >= 0.3 is 0 Å². The molecule has 0 radical (unpaired) electrons. The minimum atomic E-state index is -0.208. The number of rotatable bonds is 4. The molecule has 0 aromatic heterocycles. The number of hydrogen-bond donors (Lipinski definition) is 1. The van der Waals surface area contributed by atoms with Crippen LogP contribution in [0.15, 0.2) is 24.3 Å². The van der Waals surface area contributed by atoms with E-state index >= 15 is 0 Å². The van der Waals surface area contributed by atoms with Crippen molar-refractivity contribution in [3.8, 4) is 6.07 Å². The van der Waals surface area contributed by atoms with E-state index < -0.39 is 0 Å². The van der Waals surface area contributed by atoms with Crippen LogP contribution < -0.4 is 5.32 Å². The Morgan fingerprint density at radius 1 is 1.50 bits per heavy atom. The smallest absolute Gasteiger partial charge is 0.228 e. The third-order valence-corrected chi connectivity index (χ3v) is 2.65. The van der Waals surface area contributed by atoms with Crippen molar-refractivity contribution in [1.82, 2.24) is 0 Å². The van der Waals surface area contributed by atoms with Gasteiger partial charge in [-0.3, -0.25) is 4.79 Å². The van der Waals surface area contributed by atoms with E-state index in [-0.39, 0.29) is 11.8 Å². The quantitative estimate of drug-likeness (QED) is 0.817. The highest BCUT2D eigenvalue weighted by Gasteiger charge is 2.10. The van der Waals surface area contributed by atoms with Gasteiger partial charge in [0.05, 0.1) is 12.5 Å². The Bertz CT molecular complexity index is 394. The number of alkyl halides is 1. The van der Waals surface area contributed by atoms with E-state index in [2.05, 4.69) is 11.4 Å². The van der Waals surface area contributed by atoms with Gasteiger partial charge in [0, 0.05) is 17.5 Å². The molecular weight excluding hydrogens is 224 g/mol. The number of benzene rings is 1. The van der Waals surface area contributed by atoms with Gasteiger partial charge in [0.2, 0.25) is 5.91 Å². The first kappa shape index (κ1) is 12.5. The van der Waals surface area contributed by atoms with E-state index in [4.69, 9.17) is 16.9 Å². The van der Waals surface area contributed by atoms with Crippen molar-refractivity contribution in [3.05, 3.63) is 29.8 Å². The van der Waals surface area contributed by atoms with Gasteiger partial charge in [0.15, 0.2) is 0 Å². The van der Waals surface area contributed by atoms with Gasteiger partial charge in [-0.15, -0.1) is 11.6 Å². The van der Waals surface area contributed by atoms with Crippen molar-refractivity contribution in [1.29, 1.82) is 5.26 Å². The molecule has 1 amide bonds. The maximum Gasteiger partial charge on any atom is 0.228 e. The van der Waals surface area contributed by atoms with Crippen LogP contribution in [-0.4, -0.2) is 11.8 Å². The number of amides is 1. The summed E-state index contributed by atoms with van der Waals surface area (Å²) in [4.78, 5) is 11.5. The van der Waals surface area contributed by atoms with Crippen molar-refractivity contribution >= 4 is 23.2 Å². The Balaban J connectivity index is 2.62. The molecule has 1 atom stereocenters. The fourth-order valence-corrected chi connectivity index (χ4v) is 1.27. The molecule has 3 nitrogen and oxygen atoms in total. The first-order valence-electron chi connectivity index (χ1n) is 5.00. The molecule has 16 heavy (non-hydrogen) atoms. The molecule has 0 saturated carbocycles. The summed E-state index contributed by atoms with van der Waals surface area (Å²) in [7, 11) is 0. The third kappa shape index (κ3) is 3.56. The van der Waals surface area contributed by atoms with Gasteiger partial charge in [0.25, 0.3) is 0 Å². The summed E-state index contributed by atoms with van der Waals surface area (Å²) in [5.74, 6) is 0.00159. The Hall–Kier alpha value is -1.53.